The van der Waals surface area contributed by atoms with Gasteiger partial charge >= 0.3 is 0 Å². The van der Waals surface area contributed by atoms with Crippen molar-refractivity contribution in [2.75, 3.05) is 0 Å². The normalized spacial score (nSPS) is 7.00. The van der Waals surface area contributed by atoms with E-state index in [9.17, 15) is 8.42 Å². The summed E-state index contributed by atoms with van der Waals surface area (Å²) in [6, 6.07) is 6.27. The van der Waals surface area contributed by atoms with Gasteiger partial charge in [0.15, 0.2) is 0 Å². The van der Waals surface area contributed by atoms with Gasteiger partial charge in [-0.1, -0.05) is 18.2 Å². The van der Waals surface area contributed by atoms with E-state index in [1.165, 1.54) is 6.07 Å². The Balaban J connectivity index is -0.0000000346. The molecule has 0 fully saturated rings. The molecule has 1 rings (SSSR count). The van der Waals surface area contributed by atoms with Crippen LogP contribution in [0.1, 0.15) is 5.56 Å². The molecule has 13 N–H and O–H groups in total. The summed E-state index contributed by atoms with van der Waals surface area (Å²) in [5.74, 6) is 0. The molecule has 0 radical (unpaired) electrons. The van der Waals surface area contributed by atoms with Gasteiger partial charge in [-0.05, 0) is 18.6 Å². The van der Waals surface area contributed by atoms with Crippen LogP contribution in [-0.2, 0) is 27.2 Å². The number of rotatable bonds is 1. The van der Waals surface area contributed by atoms with Crippen LogP contribution in [0, 0.1) is 6.92 Å². The van der Waals surface area contributed by atoms with Crippen LogP contribution in [0.5, 0.6) is 0 Å². The molecule has 0 aliphatic heterocycles. The molecule has 0 aliphatic carbocycles. The van der Waals surface area contributed by atoms with Crippen molar-refractivity contribution in [1.82, 2.24) is 0 Å². The Morgan fingerprint density at radius 3 is 1.44 bits per heavy atom. The van der Waals surface area contributed by atoms with Gasteiger partial charge in [0.1, 0.15) is 0 Å². The quantitative estimate of drug-likeness (QED) is 0.402. The van der Waals surface area contributed by atoms with Crippen LogP contribution in [0.2, 0.25) is 0 Å². The molecule has 0 spiro atoms. The molecular formula is C7H20FeO9S. The van der Waals surface area contributed by atoms with Gasteiger partial charge in [0.25, 0.3) is 10.1 Å². The maximum Gasteiger partial charge on any atom is 0.294 e. The standard InChI is InChI=1S/C7H8O3S.Fe.6H2O/c1-6-4-2-3-5-7(6)11(8,9)10;;;;;;;/h2-5H,1H3,(H,8,9,10);;6*1H2. The van der Waals surface area contributed by atoms with Crippen molar-refractivity contribution in [3.63, 3.8) is 0 Å². The van der Waals surface area contributed by atoms with Crippen molar-refractivity contribution in [2.24, 2.45) is 0 Å². The zero-order chi connectivity index (χ0) is 8.48. The van der Waals surface area contributed by atoms with E-state index in [1.54, 1.807) is 25.1 Å². The molecule has 0 heterocycles. The maximum atomic E-state index is 10.6. The monoisotopic (exact) mass is 336 g/mol. The first-order chi connectivity index (χ1) is 5.02. The molecule has 1 aromatic rings. The van der Waals surface area contributed by atoms with E-state index in [-0.39, 0.29) is 54.8 Å². The van der Waals surface area contributed by atoms with Gasteiger partial charge in [0.05, 0.1) is 4.90 Å². The molecule has 11 heteroatoms. The van der Waals surface area contributed by atoms with Crippen LogP contribution in [0.4, 0.5) is 0 Å². The molecule has 18 heavy (non-hydrogen) atoms. The summed E-state index contributed by atoms with van der Waals surface area (Å²) in [5.41, 5.74) is 0.551. The minimum Gasteiger partial charge on any atom is -0.412 e. The first kappa shape index (κ1) is 43.3. The van der Waals surface area contributed by atoms with Crippen molar-refractivity contribution in [1.29, 1.82) is 0 Å². The summed E-state index contributed by atoms with van der Waals surface area (Å²) in [5, 5.41) is 0. The van der Waals surface area contributed by atoms with Crippen molar-refractivity contribution >= 4 is 10.1 Å². The molecule has 0 bridgehead atoms. The first-order valence-corrected chi connectivity index (χ1v) is 4.49. The minimum atomic E-state index is -4.03. The zero-order valence-electron chi connectivity index (χ0n) is 9.33. The largest absolute Gasteiger partial charge is 0.412 e. The fourth-order valence-electron chi connectivity index (χ4n) is 0.846. The van der Waals surface area contributed by atoms with Gasteiger partial charge in [-0.25, -0.2) is 0 Å². The van der Waals surface area contributed by atoms with Crippen LogP contribution in [-0.4, -0.2) is 45.8 Å². The summed E-state index contributed by atoms with van der Waals surface area (Å²) in [4.78, 5) is -0.0278. The van der Waals surface area contributed by atoms with Crippen molar-refractivity contribution in [2.45, 2.75) is 11.8 Å². The second kappa shape index (κ2) is 16.4. The molecular weight excluding hydrogens is 316 g/mol. The van der Waals surface area contributed by atoms with Gasteiger partial charge in [-0.15, -0.1) is 0 Å². The average molecular weight is 336 g/mol. The predicted octanol–water partition coefficient (Wildman–Crippen LogP) is -3.71. The molecule has 0 atom stereocenters. The Morgan fingerprint density at radius 2 is 1.22 bits per heavy atom. The Bertz CT molecular complexity index is 367. The van der Waals surface area contributed by atoms with Crippen LogP contribution >= 0.6 is 0 Å². The summed E-state index contributed by atoms with van der Waals surface area (Å²) >= 11 is 0. The Kier molecular flexibility index (Phi) is 39.4. The second-order valence-corrected chi connectivity index (χ2v) is 3.63. The Labute approximate surface area is 115 Å². The van der Waals surface area contributed by atoms with Crippen LogP contribution in [0.25, 0.3) is 0 Å². The minimum absolute atomic E-state index is 0. The molecule has 0 aromatic heterocycles. The Morgan fingerprint density at radius 1 is 0.889 bits per heavy atom. The number of hydrogen-bond donors (Lipinski definition) is 1. The molecule has 0 unspecified atom stereocenters. The first-order valence-electron chi connectivity index (χ1n) is 3.05. The smallest absolute Gasteiger partial charge is 0.294 e. The van der Waals surface area contributed by atoms with E-state index in [0.29, 0.717) is 5.56 Å². The fraction of sp³-hybridized carbons (Fsp3) is 0.143. The van der Waals surface area contributed by atoms with E-state index >= 15 is 0 Å². The van der Waals surface area contributed by atoms with Crippen LogP contribution < -0.4 is 0 Å². The third-order valence-corrected chi connectivity index (χ3v) is 2.39. The van der Waals surface area contributed by atoms with E-state index in [0.717, 1.165) is 0 Å². The average Bonchev–Trinajstić information content (AvgIpc) is 1.86. The summed E-state index contributed by atoms with van der Waals surface area (Å²) in [7, 11) is -4.03. The molecule has 0 aliphatic rings. The van der Waals surface area contributed by atoms with Crippen molar-refractivity contribution < 1.29 is 62.9 Å². The number of aryl methyl sites for hydroxylation is 1. The molecule has 9 nitrogen and oxygen atoms in total. The SMILES string of the molecule is Cc1ccccc1S(=O)(=O)O.O.O.O.O.O.O.[Fe]. The summed E-state index contributed by atoms with van der Waals surface area (Å²) < 4.78 is 29.9. The summed E-state index contributed by atoms with van der Waals surface area (Å²) in [6.07, 6.45) is 0. The van der Waals surface area contributed by atoms with E-state index in [2.05, 4.69) is 0 Å². The molecule has 0 amide bonds. The van der Waals surface area contributed by atoms with Gasteiger partial charge in [-0.2, -0.15) is 8.42 Å². The summed E-state index contributed by atoms with van der Waals surface area (Å²) in [6.45, 7) is 1.63. The Hall–Kier alpha value is -0.591. The van der Waals surface area contributed by atoms with E-state index < -0.39 is 10.1 Å². The molecule has 0 saturated carbocycles. The molecule has 0 saturated heterocycles. The van der Waals surface area contributed by atoms with Crippen LogP contribution in [0.15, 0.2) is 29.2 Å². The van der Waals surface area contributed by atoms with Gasteiger partial charge < -0.3 is 32.9 Å². The van der Waals surface area contributed by atoms with E-state index in [1.807, 2.05) is 0 Å². The van der Waals surface area contributed by atoms with Crippen molar-refractivity contribution in [3.05, 3.63) is 29.8 Å². The van der Waals surface area contributed by atoms with Gasteiger partial charge in [0.2, 0.25) is 0 Å². The van der Waals surface area contributed by atoms with Gasteiger partial charge in [-0.3, -0.25) is 4.55 Å². The second-order valence-electron chi connectivity index (χ2n) is 2.24. The molecule has 1 aromatic carbocycles. The third kappa shape index (κ3) is 11.9. The van der Waals surface area contributed by atoms with Gasteiger partial charge in [0, 0.05) is 17.1 Å². The van der Waals surface area contributed by atoms with Crippen LogP contribution in [0.3, 0.4) is 0 Å². The van der Waals surface area contributed by atoms with Crippen molar-refractivity contribution in [3.8, 4) is 0 Å². The third-order valence-electron chi connectivity index (χ3n) is 1.37. The fourth-order valence-corrected chi connectivity index (χ4v) is 1.57. The predicted molar refractivity (Wildman–Crippen MR) is 62.7 cm³/mol. The van der Waals surface area contributed by atoms with E-state index in [4.69, 9.17) is 4.55 Å². The zero-order valence-corrected chi connectivity index (χ0v) is 11.3. The topological polar surface area (TPSA) is 243 Å². The number of hydrogen-bond acceptors (Lipinski definition) is 2. The maximum absolute atomic E-state index is 10.6. The molecule has 116 valence electrons. The number of benzene rings is 1.